The molecule has 1 aliphatic heterocycles. The van der Waals surface area contributed by atoms with Crippen molar-refractivity contribution in [2.75, 3.05) is 13.2 Å². The average Bonchev–Trinajstić information content (AvgIpc) is 2.92. The van der Waals surface area contributed by atoms with E-state index in [1.54, 1.807) is 11.3 Å². The number of hydrogen-bond donors (Lipinski definition) is 1. The van der Waals surface area contributed by atoms with Crippen molar-refractivity contribution in [1.29, 1.82) is 0 Å². The van der Waals surface area contributed by atoms with Gasteiger partial charge in [-0.2, -0.15) is 11.3 Å². The second-order valence-electron chi connectivity index (χ2n) is 4.69. The van der Waals surface area contributed by atoms with Crippen molar-refractivity contribution in [2.45, 2.75) is 12.5 Å². The molecule has 1 atom stereocenters. The van der Waals surface area contributed by atoms with Gasteiger partial charge in [-0.15, -0.1) is 0 Å². The van der Waals surface area contributed by atoms with Gasteiger partial charge in [0.1, 0.15) is 6.61 Å². The third-order valence-corrected chi connectivity index (χ3v) is 3.81. The van der Waals surface area contributed by atoms with E-state index in [0.29, 0.717) is 13.2 Å². The number of fused-ring (bicyclic) bond motifs is 1. The van der Waals surface area contributed by atoms with Gasteiger partial charge in [-0.05, 0) is 35.4 Å². The van der Waals surface area contributed by atoms with Crippen LogP contribution in [0.15, 0.2) is 35.0 Å². The predicted octanol–water partition coefficient (Wildman–Crippen LogP) is 2.90. The smallest absolute Gasteiger partial charge is 0.170 e. The Bertz CT molecular complexity index is 553. The lowest BCUT2D eigenvalue weighted by Gasteiger charge is -2.35. The van der Waals surface area contributed by atoms with Gasteiger partial charge in [-0.1, -0.05) is 12.1 Å². The van der Waals surface area contributed by atoms with E-state index >= 15 is 0 Å². The van der Waals surface area contributed by atoms with Crippen LogP contribution in [0.3, 0.4) is 0 Å². The summed E-state index contributed by atoms with van der Waals surface area (Å²) in [5.74, 6) is 1.60. The van der Waals surface area contributed by atoms with Gasteiger partial charge < -0.3 is 15.2 Å². The Hall–Kier alpha value is -1.52. The zero-order chi connectivity index (χ0) is 12.6. The first-order valence-electron chi connectivity index (χ1n) is 5.89. The number of benzene rings is 1. The second kappa shape index (κ2) is 4.30. The molecule has 2 N–H and O–H groups in total. The van der Waals surface area contributed by atoms with E-state index in [1.165, 1.54) is 0 Å². The van der Waals surface area contributed by atoms with Gasteiger partial charge in [0.15, 0.2) is 17.1 Å². The van der Waals surface area contributed by atoms with Crippen LogP contribution >= 0.6 is 11.3 Å². The van der Waals surface area contributed by atoms with Gasteiger partial charge in [0, 0.05) is 12.1 Å². The van der Waals surface area contributed by atoms with Gasteiger partial charge in [0.05, 0.1) is 0 Å². The maximum absolute atomic E-state index is 6.08. The van der Waals surface area contributed by atoms with Crippen LogP contribution in [0.25, 0.3) is 11.1 Å². The number of thiophene rings is 1. The second-order valence-corrected chi connectivity index (χ2v) is 5.47. The zero-order valence-electron chi connectivity index (χ0n) is 10.2. The fourth-order valence-electron chi connectivity index (χ4n) is 1.99. The molecule has 2 aromatic rings. The minimum atomic E-state index is -0.445. The third kappa shape index (κ3) is 1.87. The molecule has 94 valence electrons. The summed E-state index contributed by atoms with van der Waals surface area (Å²) in [6.07, 6.45) is 0. The summed E-state index contributed by atoms with van der Waals surface area (Å²) in [5, 5.41) is 4.16. The molecule has 0 fully saturated rings. The van der Waals surface area contributed by atoms with Crippen LogP contribution in [-0.2, 0) is 0 Å². The lowest BCUT2D eigenvalue weighted by molar-refractivity contribution is 0.0141. The standard InChI is InChI=1S/C14H15NO2S/c1-14(8-15)9-16-12-4-2-3-11(13(12)17-14)10-5-6-18-7-10/h2-7H,8-9,15H2,1H3/t14-/m0/s1. The number of rotatable bonds is 2. The number of hydrogen-bond acceptors (Lipinski definition) is 4. The molecule has 0 amide bonds. The van der Waals surface area contributed by atoms with Crippen molar-refractivity contribution in [3.63, 3.8) is 0 Å². The van der Waals surface area contributed by atoms with E-state index in [1.807, 2.05) is 25.1 Å². The molecule has 3 rings (SSSR count). The first-order valence-corrected chi connectivity index (χ1v) is 6.84. The van der Waals surface area contributed by atoms with Gasteiger partial charge in [-0.25, -0.2) is 0 Å². The van der Waals surface area contributed by atoms with E-state index in [4.69, 9.17) is 15.2 Å². The Kier molecular flexibility index (Phi) is 2.76. The van der Waals surface area contributed by atoms with Crippen LogP contribution in [-0.4, -0.2) is 18.8 Å². The minimum Gasteiger partial charge on any atom is -0.485 e. The Morgan fingerprint density at radius 1 is 1.39 bits per heavy atom. The first-order chi connectivity index (χ1) is 8.72. The summed E-state index contributed by atoms with van der Waals surface area (Å²) in [6.45, 7) is 2.90. The molecule has 0 radical (unpaired) electrons. The maximum atomic E-state index is 6.08. The van der Waals surface area contributed by atoms with E-state index < -0.39 is 5.60 Å². The molecule has 0 spiro atoms. The fourth-order valence-corrected chi connectivity index (χ4v) is 2.64. The topological polar surface area (TPSA) is 44.5 Å². The van der Waals surface area contributed by atoms with Crippen molar-refractivity contribution >= 4 is 11.3 Å². The summed E-state index contributed by atoms with van der Waals surface area (Å²) >= 11 is 1.67. The Morgan fingerprint density at radius 2 is 2.28 bits per heavy atom. The number of ether oxygens (including phenoxy) is 2. The maximum Gasteiger partial charge on any atom is 0.170 e. The van der Waals surface area contributed by atoms with E-state index in [0.717, 1.165) is 22.6 Å². The number of para-hydroxylation sites is 1. The van der Waals surface area contributed by atoms with Crippen LogP contribution in [0.4, 0.5) is 0 Å². The molecule has 1 aliphatic rings. The molecule has 0 unspecified atom stereocenters. The molecule has 1 aromatic carbocycles. The van der Waals surface area contributed by atoms with Gasteiger partial charge >= 0.3 is 0 Å². The van der Waals surface area contributed by atoms with Crippen LogP contribution < -0.4 is 15.2 Å². The quantitative estimate of drug-likeness (QED) is 0.904. The van der Waals surface area contributed by atoms with Crippen molar-refractivity contribution < 1.29 is 9.47 Å². The monoisotopic (exact) mass is 261 g/mol. The summed E-state index contributed by atoms with van der Waals surface area (Å²) in [6, 6.07) is 8.05. The van der Waals surface area contributed by atoms with Crippen LogP contribution in [0.1, 0.15) is 6.92 Å². The summed E-state index contributed by atoms with van der Waals surface area (Å²) < 4.78 is 11.8. The molecule has 4 heteroatoms. The predicted molar refractivity (Wildman–Crippen MR) is 73.3 cm³/mol. The summed E-state index contributed by atoms with van der Waals surface area (Å²) in [7, 11) is 0. The van der Waals surface area contributed by atoms with Crippen LogP contribution in [0, 0.1) is 0 Å². The molecule has 1 aromatic heterocycles. The van der Waals surface area contributed by atoms with Crippen molar-refractivity contribution in [3.8, 4) is 22.6 Å². The van der Waals surface area contributed by atoms with Gasteiger partial charge in [0.2, 0.25) is 0 Å². The average molecular weight is 261 g/mol. The van der Waals surface area contributed by atoms with Gasteiger partial charge in [-0.3, -0.25) is 0 Å². The van der Waals surface area contributed by atoms with Crippen molar-refractivity contribution in [1.82, 2.24) is 0 Å². The van der Waals surface area contributed by atoms with Crippen molar-refractivity contribution in [2.24, 2.45) is 5.73 Å². The zero-order valence-corrected chi connectivity index (χ0v) is 11.0. The first kappa shape index (κ1) is 11.6. The molecular weight excluding hydrogens is 246 g/mol. The highest BCUT2D eigenvalue weighted by Crippen LogP contribution is 2.43. The fraction of sp³-hybridized carbons (Fsp3) is 0.286. The summed E-state index contributed by atoms with van der Waals surface area (Å²) in [5.41, 5.74) is 7.53. The highest BCUT2D eigenvalue weighted by Gasteiger charge is 2.33. The lowest BCUT2D eigenvalue weighted by atomic mass is 10.0. The van der Waals surface area contributed by atoms with Crippen molar-refractivity contribution in [3.05, 3.63) is 35.0 Å². The molecule has 18 heavy (non-hydrogen) atoms. The van der Waals surface area contributed by atoms with Crippen LogP contribution in [0.2, 0.25) is 0 Å². The molecule has 0 aliphatic carbocycles. The number of nitrogens with two attached hydrogens (primary N) is 1. The Labute approximate surface area is 110 Å². The SMILES string of the molecule is C[C@]1(CN)COc2cccc(-c3ccsc3)c2O1. The molecule has 0 saturated heterocycles. The molecule has 2 heterocycles. The van der Waals surface area contributed by atoms with E-state index in [9.17, 15) is 0 Å². The highest BCUT2D eigenvalue weighted by molar-refractivity contribution is 7.08. The molecule has 0 bridgehead atoms. The normalized spacial score (nSPS) is 21.9. The summed E-state index contributed by atoms with van der Waals surface area (Å²) in [4.78, 5) is 0. The lowest BCUT2D eigenvalue weighted by Crippen LogP contribution is -2.48. The molecular formula is C14H15NO2S. The minimum absolute atomic E-state index is 0.435. The van der Waals surface area contributed by atoms with E-state index in [2.05, 4.69) is 16.8 Å². The third-order valence-electron chi connectivity index (χ3n) is 3.12. The molecule has 0 saturated carbocycles. The Balaban J connectivity index is 2.09. The van der Waals surface area contributed by atoms with E-state index in [-0.39, 0.29) is 0 Å². The highest BCUT2D eigenvalue weighted by atomic mass is 32.1. The largest absolute Gasteiger partial charge is 0.485 e. The molecule has 3 nitrogen and oxygen atoms in total. The van der Waals surface area contributed by atoms with Gasteiger partial charge in [0.25, 0.3) is 0 Å². The Morgan fingerprint density at radius 3 is 3.00 bits per heavy atom. The van der Waals surface area contributed by atoms with Crippen LogP contribution in [0.5, 0.6) is 11.5 Å².